The highest BCUT2D eigenvalue weighted by Gasteiger charge is 2.22. The minimum Gasteiger partial charge on any atom is -0.439 e. The van der Waals surface area contributed by atoms with Crippen LogP contribution in [0.4, 0.5) is 22.1 Å². The Morgan fingerprint density at radius 2 is 1.76 bits per heavy atom. The molecule has 2 amide bonds. The van der Waals surface area contributed by atoms with Crippen molar-refractivity contribution in [2.75, 3.05) is 37.1 Å². The van der Waals surface area contributed by atoms with E-state index in [0.29, 0.717) is 29.0 Å². The maximum atomic E-state index is 13.0. The minimum atomic E-state index is -0.376. The van der Waals surface area contributed by atoms with Crippen molar-refractivity contribution in [1.82, 2.24) is 24.6 Å². The zero-order valence-corrected chi connectivity index (χ0v) is 22.6. The SMILES string of the molecule is CNc1cc(Oc2ccc(NC(=O)Nc3cc(C(C)(C)C)nn3-c3cccc(CN(C)C)c3)cc2)ncn1. The van der Waals surface area contributed by atoms with Crippen LogP contribution in [0.25, 0.3) is 5.69 Å². The lowest BCUT2D eigenvalue weighted by molar-refractivity contribution is 0.262. The first kappa shape index (κ1) is 26.6. The molecule has 198 valence electrons. The summed E-state index contributed by atoms with van der Waals surface area (Å²) in [5, 5.41) is 13.6. The van der Waals surface area contributed by atoms with E-state index in [9.17, 15) is 4.79 Å². The third kappa shape index (κ3) is 6.86. The van der Waals surface area contributed by atoms with Crippen LogP contribution in [0.5, 0.6) is 11.6 Å². The summed E-state index contributed by atoms with van der Waals surface area (Å²) < 4.78 is 7.55. The molecule has 2 aromatic heterocycles. The molecule has 38 heavy (non-hydrogen) atoms. The second kappa shape index (κ2) is 11.3. The Kier molecular flexibility index (Phi) is 7.92. The van der Waals surface area contributed by atoms with Gasteiger partial charge in [-0.25, -0.2) is 19.4 Å². The Balaban J connectivity index is 1.49. The maximum absolute atomic E-state index is 13.0. The molecule has 4 rings (SSSR count). The van der Waals surface area contributed by atoms with Gasteiger partial charge in [0.25, 0.3) is 0 Å². The quantitative estimate of drug-likeness (QED) is 0.285. The second-order valence-electron chi connectivity index (χ2n) is 10.2. The number of hydrogen-bond donors (Lipinski definition) is 3. The van der Waals surface area contributed by atoms with Gasteiger partial charge in [0, 0.05) is 36.8 Å². The van der Waals surface area contributed by atoms with Crippen LogP contribution in [0.15, 0.2) is 67.0 Å². The molecule has 0 saturated carbocycles. The number of rotatable bonds is 8. The highest BCUT2D eigenvalue weighted by molar-refractivity contribution is 5.99. The third-order valence-corrected chi connectivity index (χ3v) is 5.61. The number of carbonyl (C=O) groups is 1. The summed E-state index contributed by atoms with van der Waals surface area (Å²) in [4.78, 5) is 23.2. The normalized spacial score (nSPS) is 11.3. The summed E-state index contributed by atoms with van der Waals surface area (Å²) in [6.45, 7) is 7.09. The molecule has 0 aliphatic rings. The lowest BCUT2D eigenvalue weighted by Gasteiger charge is -2.14. The zero-order chi connectivity index (χ0) is 27.3. The molecule has 10 nitrogen and oxygen atoms in total. The molecular weight excluding hydrogens is 480 g/mol. The number of carbonyl (C=O) groups excluding carboxylic acids is 1. The van der Waals surface area contributed by atoms with Crippen molar-refractivity contribution in [3.8, 4) is 17.3 Å². The van der Waals surface area contributed by atoms with Gasteiger partial charge in [-0.3, -0.25) is 5.32 Å². The van der Waals surface area contributed by atoms with Crippen molar-refractivity contribution in [3.63, 3.8) is 0 Å². The van der Waals surface area contributed by atoms with Crippen molar-refractivity contribution in [2.24, 2.45) is 0 Å². The molecule has 0 spiro atoms. The van der Waals surface area contributed by atoms with Crippen molar-refractivity contribution >= 4 is 23.4 Å². The smallest absolute Gasteiger partial charge is 0.324 e. The summed E-state index contributed by atoms with van der Waals surface area (Å²) >= 11 is 0. The summed E-state index contributed by atoms with van der Waals surface area (Å²) in [6.07, 6.45) is 1.43. The van der Waals surface area contributed by atoms with E-state index in [0.717, 1.165) is 23.5 Å². The van der Waals surface area contributed by atoms with Gasteiger partial charge in [-0.15, -0.1) is 0 Å². The molecule has 3 N–H and O–H groups in total. The number of benzene rings is 2. The zero-order valence-electron chi connectivity index (χ0n) is 22.6. The van der Waals surface area contributed by atoms with Gasteiger partial charge in [0.1, 0.15) is 23.7 Å². The van der Waals surface area contributed by atoms with E-state index in [1.807, 2.05) is 32.3 Å². The Bertz CT molecular complexity index is 1390. The van der Waals surface area contributed by atoms with Gasteiger partial charge in [0.2, 0.25) is 5.88 Å². The summed E-state index contributed by atoms with van der Waals surface area (Å²) in [6, 6.07) is 18.4. The van der Waals surface area contributed by atoms with Crippen LogP contribution in [0.1, 0.15) is 32.0 Å². The molecule has 0 bridgehead atoms. The summed E-state index contributed by atoms with van der Waals surface area (Å²) in [5.74, 6) is 2.24. The van der Waals surface area contributed by atoms with E-state index in [-0.39, 0.29) is 11.4 Å². The van der Waals surface area contributed by atoms with Gasteiger partial charge in [-0.1, -0.05) is 32.9 Å². The Morgan fingerprint density at radius 1 is 1.00 bits per heavy atom. The van der Waals surface area contributed by atoms with Crippen molar-refractivity contribution < 1.29 is 9.53 Å². The molecule has 2 heterocycles. The average molecular weight is 515 g/mol. The molecule has 0 fully saturated rings. The van der Waals surface area contributed by atoms with Crippen LogP contribution in [0.2, 0.25) is 0 Å². The van der Waals surface area contributed by atoms with E-state index >= 15 is 0 Å². The number of urea groups is 1. The van der Waals surface area contributed by atoms with Crippen LogP contribution in [-0.2, 0) is 12.0 Å². The number of amides is 2. The van der Waals surface area contributed by atoms with E-state index in [1.165, 1.54) is 6.33 Å². The van der Waals surface area contributed by atoms with Crippen LogP contribution in [0, 0.1) is 0 Å². The lowest BCUT2D eigenvalue weighted by atomic mass is 9.92. The lowest BCUT2D eigenvalue weighted by Crippen LogP contribution is -2.21. The Morgan fingerprint density at radius 3 is 2.45 bits per heavy atom. The van der Waals surface area contributed by atoms with Gasteiger partial charge >= 0.3 is 6.03 Å². The molecule has 2 aromatic carbocycles. The number of nitrogens with zero attached hydrogens (tertiary/aromatic N) is 5. The third-order valence-electron chi connectivity index (χ3n) is 5.61. The maximum Gasteiger partial charge on any atom is 0.324 e. The fourth-order valence-corrected chi connectivity index (χ4v) is 3.72. The summed E-state index contributed by atoms with van der Waals surface area (Å²) in [7, 11) is 5.84. The Hall–Kier alpha value is -4.44. The molecule has 0 aliphatic heterocycles. The van der Waals surface area contributed by atoms with Crippen molar-refractivity contribution in [1.29, 1.82) is 0 Å². The van der Waals surface area contributed by atoms with Crippen LogP contribution < -0.4 is 20.7 Å². The first-order chi connectivity index (χ1) is 18.1. The fraction of sp³-hybridized carbons (Fsp3) is 0.286. The van der Waals surface area contributed by atoms with Crippen LogP contribution in [-0.4, -0.2) is 51.8 Å². The van der Waals surface area contributed by atoms with E-state index in [4.69, 9.17) is 9.84 Å². The predicted octanol–water partition coefficient (Wildman–Crippen LogP) is 5.50. The van der Waals surface area contributed by atoms with Gasteiger partial charge in [-0.05, 0) is 56.1 Å². The highest BCUT2D eigenvalue weighted by Crippen LogP contribution is 2.27. The topological polar surface area (TPSA) is 109 Å². The predicted molar refractivity (Wildman–Crippen MR) is 150 cm³/mol. The molecule has 0 atom stereocenters. The second-order valence-corrected chi connectivity index (χ2v) is 10.2. The van der Waals surface area contributed by atoms with Gasteiger partial charge in [0.15, 0.2) is 0 Å². The molecule has 4 aromatic rings. The number of ether oxygens (including phenoxy) is 1. The number of nitrogens with one attached hydrogen (secondary N) is 3. The molecule has 0 unspecified atom stereocenters. The molecular formula is C28H34N8O2. The van der Waals surface area contributed by atoms with E-state index < -0.39 is 0 Å². The van der Waals surface area contributed by atoms with Crippen LogP contribution >= 0.6 is 0 Å². The average Bonchev–Trinajstić information content (AvgIpc) is 3.29. The fourth-order valence-electron chi connectivity index (χ4n) is 3.72. The van der Waals surface area contributed by atoms with Gasteiger partial charge < -0.3 is 20.3 Å². The number of anilines is 3. The molecule has 0 aliphatic carbocycles. The number of hydrogen-bond acceptors (Lipinski definition) is 7. The van der Waals surface area contributed by atoms with E-state index in [1.54, 1.807) is 42.1 Å². The highest BCUT2D eigenvalue weighted by atomic mass is 16.5. The summed E-state index contributed by atoms with van der Waals surface area (Å²) in [5.41, 5.74) is 3.33. The van der Waals surface area contributed by atoms with Gasteiger partial charge in [-0.2, -0.15) is 5.10 Å². The standard InChI is InChI=1S/C28H34N8O2/c1-28(2,3)23-15-25(36(34-23)21-9-7-8-19(14-21)17-35(5)6)33-27(37)32-20-10-12-22(13-11-20)38-26-16-24(29-4)30-18-31-26/h7-16,18H,17H2,1-6H3,(H,29,30,31)(H2,32,33,37). The minimum absolute atomic E-state index is 0.188. The number of aromatic nitrogens is 4. The monoisotopic (exact) mass is 514 g/mol. The van der Waals surface area contributed by atoms with E-state index in [2.05, 4.69) is 63.7 Å². The van der Waals surface area contributed by atoms with Crippen molar-refractivity contribution in [2.45, 2.75) is 32.7 Å². The molecule has 0 saturated heterocycles. The van der Waals surface area contributed by atoms with Crippen molar-refractivity contribution in [3.05, 3.63) is 78.2 Å². The largest absolute Gasteiger partial charge is 0.439 e. The van der Waals surface area contributed by atoms with Gasteiger partial charge in [0.05, 0.1) is 11.4 Å². The molecule has 0 radical (unpaired) electrons. The Labute approximate surface area is 223 Å². The first-order valence-corrected chi connectivity index (χ1v) is 12.3. The molecule has 10 heteroatoms. The van der Waals surface area contributed by atoms with Crippen LogP contribution in [0.3, 0.4) is 0 Å². The first-order valence-electron chi connectivity index (χ1n) is 12.3.